The van der Waals surface area contributed by atoms with E-state index in [1.807, 2.05) is 0 Å². The van der Waals surface area contributed by atoms with Crippen molar-refractivity contribution in [2.24, 2.45) is 0 Å². The maximum atomic E-state index is 12.6. The topological polar surface area (TPSA) is 93.3 Å². The average molecular weight is 401 g/mol. The number of carbonyl (C=O) groups excluding carboxylic acids is 2. The van der Waals surface area contributed by atoms with Crippen LogP contribution in [0.5, 0.6) is 5.75 Å². The van der Waals surface area contributed by atoms with Crippen molar-refractivity contribution in [3.8, 4) is 17.1 Å². The van der Waals surface area contributed by atoms with Gasteiger partial charge in [0.05, 0.1) is 30.8 Å². The summed E-state index contributed by atoms with van der Waals surface area (Å²) in [5, 5.41) is 2.86. The largest absolute Gasteiger partial charge is 0.497 e. The highest BCUT2D eigenvalue weighted by Gasteiger charge is 2.12. The number of methoxy groups -OCH3 is 2. The van der Waals surface area contributed by atoms with Crippen molar-refractivity contribution in [1.82, 2.24) is 9.97 Å². The van der Waals surface area contributed by atoms with Crippen molar-refractivity contribution in [2.75, 3.05) is 19.5 Å². The van der Waals surface area contributed by atoms with Crippen LogP contribution in [0.3, 0.4) is 0 Å². The summed E-state index contributed by atoms with van der Waals surface area (Å²) < 4.78 is 9.84. The monoisotopic (exact) mass is 401 g/mol. The highest BCUT2D eigenvalue weighted by Crippen LogP contribution is 2.23. The predicted octanol–water partition coefficient (Wildman–Crippen LogP) is 4.28. The molecule has 3 aromatic carbocycles. The Morgan fingerprint density at radius 1 is 0.900 bits per heavy atom. The van der Waals surface area contributed by atoms with Crippen LogP contribution in [-0.2, 0) is 4.74 Å². The Bertz CT molecular complexity index is 1210. The molecule has 0 spiro atoms. The smallest absolute Gasteiger partial charge is 0.337 e. The number of aromatic amines is 1. The lowest BCUT2D eigenvalue weighted by Gasteiger charge is -2.06. The molecule has 0 fully saturated rings. The first-order chi connectivity index (χ1) is 14.6. The van der Waals surface area contributed by atoms with E-state index in [0.717, 1.165) is 22.3 Å². The predicted molar refractivity (Wildman–Crippen MR) is 114 cm³/mol. The van der Waals surface area contributed by atoms with Crippen molar-refractivity contribution in [2.45, 2.75) is 0 Å². The van der Waals surface area contributed by atoms with Crippen LogP contribution in [0.15, 0.2) is 66.7 Å². The van der Waals surface area contributed by atoms with Gasteiger partial charge in [0.15, 0.2) is 0 Å². The number of H-pyrrole nitrogens is 1. The van der Waals surface area contributed by atoms with Crippen molar-refractivity contribution >= 4 is 28.6 Å². The first-order valence-corrected chi connectivity index (χ1v) is 9.21. The van der Waals surface area contributed by atoms with E-state index >= 15 is 0 Å². The summed E-state index contributed by atoms with van der Waals surface area (Å²) in [4.78, 5) is 32.0. The molecule has 7 heteroatoms. The van der Waals surface area contributed by atoms with Crippen LogP contribution in [0.1, 0.15) is 20.7 Å². The van der Waals surface area contributed by atoms with Crippen LogP contribution >= 0.6 is 0 Å². The first-order valence-electron chi connectivity index (χ1n) is 9.21. The molecule has 0 unspecified atom stereocenters. The second-order valence-electron chi connectivity index (χ2n) is 6.57. The third-order valence-corrected chi connectivity index (χ3v) is 4.67. The number of rotatable bonds is 5. The molecule has 0 aliphatic heterocycles. The molecule has 0 bridgehead atoms. The summed E-state index contributed by atoms with van der Waals surface area (Å²) in [5.41, 5.74) is 3.96. The fourth-order valence-corrected chi connectivity index (χ4v) is 3.05. The van der Waals surface area contributed by atoms with Gasteiger partial charge in [-0.3, -0.25) is 4.79 Å². The summed E-state index contributed by atoms with van der Waals surface area (Å²) in [5.74, 6) is 0.757. The molecule has 1 amide bonds. The fourth-order valence-electron chi connectivity index (χ4n) is 3.05. The number of ether oxygens (including phenoxy) is 2. The summed E-state index contributed by atoms with van der Waals surface area (Å²) in [6.07, 6.45) is 0. The number of aromatic nitrogens is 2. The molecule has 7 nitrogen and oxygen atoms in total. The summed E-state index contributed by atoms with van der Waals surface area (Å²) in [6.45, 7) is 0. The molecule has 30 heavy (non-hydrogen) atoms. The van der Waals surface area contributed by atoms with Gasteiger partial charge in [0, 0.05) is 16.8 Å². The number of hydrogen-bond donors (Lipinski definition) is 2. The van der Waals surface area contributed by atoms with Gasteiger partial charge in [-0.2, -0.15) is 0 Å². The molecule has 0 aliphatic carbocycles. The van der Waals surface area contributed by atoms with Gasteiger partial charge in [0.25, 0.3) is 5.91 Å². The third-order valence-electron chi connectivity index (χ3n) is 4.67. The number of imidazole rings is 1. The number of nitrogens with one attached hydrogen (secondary N) is 2. The number of nitrogens with zero attached hydrogens (tertiary/aromatic N) is 1. The number of hydrogen-bond acceptors (Lipinski definition) is 5. The van der Waals surface area contributed by atoms with Crippen molar-refractivity contribution in [3.05, 3.63) is 77.9 Å². The number of fused-ring (bicyclic) bond motifs is 1. The number of amides is 1. The van der Waals surface area contributed by atoms with Gasteiger partial charge in [-0.25, -0.2) is 9.78 Å². The molecule has 0 saturated heterocycles. The molecule has 0 atom stereocenters. The van der Waals surface area contributed by atoms with Crippen molar-refractivity contribution in [1.29, 1.82) is 0 Å². The molecule has 150 valence electrons. The maximum absolute atomic E-state index is 12.6. The lowest BCUT2D eigenvalue weighted by atomic mass is 10.1. The molecule has 1 heterocycles. The standard InChI is InChI=1S/C23H19N3O4/c1-29-18-10-8-17(9-11-18)24-22(27)16-7-12-19-20(13-16)26-21(25-19)14-3-5-15(6-4-14)23(28)30-2/h3-13H,1-2H3,(H,24,27)(H,25,26). The molecule has 4 aromatic rings. The minimum absolute atomic E-state index is 0.222. The SMILES string of the molecule is COC(=O)c1ccc(-c2nc3ccc(C(=O)Nc4ccc(OC)cc4)cc3[nH]2)cc1. The first kappa shape index (κ1) is 19.2. The zero-order valence-electron chi connectivity index (χ0n) is 16.4. The number of anilines is 1. The summed E-state index contributed by atoms with van der Waals surface area (Å²) in [6, 6.07) is 19.4. The van der Waals surface area contributed by atoms with Crippen LogP contribution in [-0.4, -0.2) is 36.1 Å². The van der Waals surface area contributed by atoms with Gasteiger partial charge in [-0.05, 0) is 54.6 Å². The number of carbonyl (C=O) groups is 2. The molecule has 2 N–H and O–H groups in total. The quantitative estimate of drug-likeness (QED) is 0.487. The van der Waals surface area contributed by atoms with Crippen LogP contribution in [0.2, 0.25) is 0 Å². The van der Waals surface area contributed by atoms with Crippen LogP contribution in [0.4, 0.5) is 5.69 Å². The van der Waals surface area contributed by atoms with Gasteiger partial charge in [-0.1, -0.05) is 12.1 Å². The Hall–Kier alpha value is -4.13. The second kappa shape index (κ2) is 8.08. The fraction of sp³-hybridized carbons (Fsp3) is 0.0870. The van der Waals surface area contributed by atoms with Crippen LogP contribution in [0.25, 0.3) is 22.4 Å². The Morgan fingerprint density at radius 2 is 1.60 bits per heavy atom. The zero-order chi connectivity index (χ0) is 21.1. The Balaban J connectivity index is 1.55. The van der Waals surface area contributed by atoms with Gasteiger partial charge in [-0.15, -0.1) is 0 Å². The lowest BCUT2D eigenvalue weighted by Crippen LogP contribution is -2.11. The van der Waals surface area contributed by atoms with Gasteiger partial charge in [0.2, 0.25) is 0 Å². The molecule has 1 aromatic heterocycles. The molecule has 0 aliphatic rings. The van der Waals surface area contributed by atoms with E-state index in [9.17, 15) is 9.59 Å². The van der Waals surface area contributed by atoms with Crippen molar-refractivity contribution < 1.29 is 19.1 Å². The van der Waals surface area contributed by atoms with Gasteiger partial charge >= 0.3 is 5.97 Å². The third kappa shape index (κ3) is 3.86. The van der Waals surface area contributed by atoms with Gasteiger partial charge < -0.3 is 19.8 Å². The minimum Gasteiger partial charge on any atom is -0.497 e. The van der Waals surface area contributed by atoms with E-state index in [1.165, 1.54) is 7.11 Å². The van der Waals surface area contributed by atoms with Gasteiger partial charge in [0.1, 0.15) is 11.6 Å². The zero-order valence-corrected chi connectivity index (χ0v) is 16.4. The molecule has 4 rings (SSSR count). The highest BCUT2D eigenvalue weighted by atomic mass is 16.5. The van der Waals surface area contributed by atoms with Crippen LogP contribution in [0, 0.1) is 0 Å². The lowest BCUT2D eigenvalue weighted by molar-refractivity contribution is 0.0600. The second-order valence-corrected chi connectivity index (χ2v) is 6.57. The molecular formula is C23H19N3O4. The van der Waals surface area contributed by atoms with E-state index in [0.29, 0.717) is 22.6 Å². The Morgan fingerprint density at radius 3 is 2.27 bits per heavy atom. The number of benzene rings is 3. The normalized spacial score (nSPS) is 10.6. The summed E-state index contributed by atoms with van der Waals surface area (Å²) >= 11 is 0. The average Bonchev–Trinajstić information content (AvgIpc) is 3.22. The van der Waals surface area contributed by atoms with Crippen molar-refractivity contribution in [3.63, 3.8) is 0 Å². The minimum atomic E-state index is -0.390. The summed E-state index contributed by atoms with van der Waals surface area (Å²) in [7, 11) is 2.94. The van der Waals surface area contributed by atoms with E-state index in [4.69, 9.17) is 9.47 Å². The van der Waals surface area contributed by atoms with E-state index < -0.39 is 5.97 Å². The Labute approximate surface area is 172 Å². The highest BCUT2D eigenvalue weighted by molar-refractivity contribution is 6.06. The molecular weight excluding hydrogens is 382 g/mol. The molecule has 0 saturated carbocycles. The number of esters is 1. The van der Waals surface area contributed by atoms with E-state index in [1.54, 1.807) is 73.8 Å². The molecule has 0 radical (unpaired) electrons. The van der Waals surface area contributed by atoms with E-state index in [2.05, 4.69) is 15.3 Å². The maximum Gasteiger partial charge on any atom is 0.337 e. The van der Waals surface area contributed by atoms with E-state index in [-0.39, 0.29) is 5.91 Å². The Kier molecular flexibility index (Phi) is 5.17. The van der Waals surface area contributed by atoms with Crippen LogP contribution < -0.4 is 10.1 Å².